The van der Waals surface area contributed by atoms with E-state index in [1.54, 1.807) is 0 Å². The van der Waals surface area contributed by atoms with Crippen molar-refractivity contribution < 1.29 is 4.92 Å². The lowest BCUT2D eigenvalue weighted by Gasteiger charge is -2.12. The smallest absolute Gasteiger partial charge is 0.258 e. The summed E-state index contributed by atoms with van der Waals surface area (Å²) in [5.41, 5.74) is 1.67. The Kier molecular flexibility index (Phi) is 3.54. The minimum absolute atomic E-state index is 0.159. The van der Waals surface area contributed by atoms with Gasteiger partial charge in [-0.1, -0.05) is 70.5 Å². The van der Waals surface area contributed by atoms with Crippen LogP contribution in [0.2, 0.25) is 0 Å². The van der Waals surface area contributed by atoms with Gasteiger partial charge in [0.15, 0.2) is 0 Å². The summed E-state index contributed by atoms with van der Waals surface area (Å²) in [6.45, 7) is 0. The van der Waals surface area contributed by atoms with Crippen molar-refractivity contribution in [3.63, 3.8) is 0 Å². The summed E-state index contributed by atoms with van der Waals surface area (Å²) in [6.07, 6.45) is 0. The molecule has 0 radical (unpaired) electrons. The molecule has 0 atom stereocenters. The predicted octanol–water partition coefficient (Wildman–Crippen LogP) is 6.33. The molecule has 0 N–H and O–H groups in total. The van der Waals surface area contributed by atoms with Gasteiger partial charge in [0.25, 0.3) is 5.69 Å². The van der Waals surface area contributed by atoms with E-state index in [0.29, 0.717) is 10.9 Å². The summed E-state index contributed by atoms with van der Waals surface area (Å²) in [4.78, 5) is 11.6. The molecule has 4 rings (SSSR count). The SMILES string of the molecule is O=[N+]([O-])c1c(-c2ccc(Br)cc2)c2ccccc2c2ccccc12. The lowest BCUT2D eigenvalue weighted by Crippen LogP contribution is -1.96. The molecule has 4 aromatic rings. The molecule has 0 heterocycles. The van der Waals surface area contributed by atoms with Gasteiger partial charge in [0, 0.05) is 4.47 Å². The summed E-state index contributed by atoms with van der Waals surface area (Å²) in [5, 5.41) is 15.4. The van der Waals surface area contributed by atoms with Crippen molar-refractivity contribution in [2.75, 3.05) is 0 Å². The van der Waals surface area contributed by atoms with Crippen molar-refractivity contribution in [2.45, 2.75) is 0 Å². The molecule has 0 aliphatic carbocycles. The molecule has 4 aromatic carbocycles. The van der Waals surface area contributed by atoms with E-state index < -0.39 is 0 Å². The van der Waals surface area contributed by atoms with Crippen LogP contribution in [-0.4, -0.2) is 4.92 Å². The third kappa shape index (κ3) is 2.27. The van der Waals surface area contributed by atoms with Gasteiger partial charge >= 0.3 is 0 Å². The van der Waals surface area contributed by atoms with Gasteiger partial charge < -0.3 is 0 Å². The molecule has 116 valence electrons. The molecular weight excluding hydrogens is 366 g/mol. The third-order valence-corrected chi connectivity index (χ3v) is 4.75. The molecule has 24 heavy (non-hydrogen) atoms. The summed E-state index contributed by atoms with van der Waals surface area (Å²) < 4.78 is 0.944. The number of halogens is 1. The van der Waals surface area contributed by atoms with Crippen molar-refractivity contribution in [1.82, 2.24) is 0 Å². The molecule has 3 nitrogen and oxygen atoms in total. The molecule has 4 heteroatoms. The maximum Gasteiger partial charge on any atom is 0.285 e. The molecule has 0 fully saturated rings. The number of hydrogen-bond acceptors (Lipinski definition) is 2. The predicted molar refractivity (Wildman–Crippen MR) is 101 cm³/mol. The monoisotopic (exact) mass is 377 g/mol. The maximum absolute atomic E-state index is 11.9. The summed E-state index contributed by atoms with van der Waals surface area (Å²) in [6, 6.07) is 23.0. The van der Waals surface area contributed by atoms with E-state index >= 15 is 0 Å². The van der Waals surface area contributed by atoms with Gasteiger partial charge in [-0.25, -0.2) is 0 Å². The van der Waals surface area contributed by atoms with Crippen LogP contribution >= 0.6 is 15.9 Å². The van der Waals surface area contributed by atoms with Crippen LogP contribution < -0.4 is 0 Å². The van der Waals surface area contributed by atoms with E-state index in [1.807, 2.05) is 72.8 Å². The molecular formula is C20H12BrNO2. The van der Waals surface area contributed by atoms with Crippen LogP contribution in [0.15, 0.2) is 77.3 Å². The standard InChI is InChI=1S/C20H12BrNO2/c21-14-11-9-13(10-12-14)19-17-7-3-1-5-15(17)16-6-2-4-8-18(16)20(19)22(23)24/h1-12H. The minimum Gasteiger partial charge on any atom is -0.258 e. The zero-order valence-corrected chi connectivity index (χ0v) is 14.2. The van der Waals surface area contributed by atoms with Crippen LogP contribution in [0, 0.1) is 10.1 Å². The first-order chi connectivity index (χ1) is 11.7. The fraction of sp³-hybridized carbons (Fsp3) is 0. The summed E-state index contributed by atoms with van der Waals surface area (Å²) in [5.74, 6) is 0. The first-order valence-corrected chi connectivity index (χ1v) is 8.30. The van der Waals surface area contributed by atoms with E-state index in [2.05, 4.69) is 15.9 Å². The van der Waals surface area contributed by atoms with E-state index in [4.69, 9.17) is 0 Å². The van der Waals surface area contributed by atoms with Gasteiger partial charge in [-0.15, -0.1) is 0 Å². The highest BCUT2D eigenvalue weighted by atomic mass is 79.9. The van der Waals surface area contributed by atoms with Crippen molar-refractivity contribution >= 4 is 43.2 Å². The topological polar surface area (TPSA) is 43.1 Å². The van der Waals surface area contributed by atoms with Crippen LogP contribution in [0.25, 0.3) is 32.7 Å². The normalized spacial score (nSPS) is 11.0. The molecule has 0 aromatic heterocycles. The Morgan fingerprint density at radius 1 is 0.708 bits per heavy atom. The van der Waals surface area contributed by atoms with Crippen LogP contribution in [0.3, 0.4) is 0 Å². The summed E-state index contributed by atoms with van der Waals surface area (Å²) in [7, 11) is 0. The fourth-order valence-corrected chi connectivity index (χ4v) is 3.49. The van der Waals surface area contributed by atoms with Gasteiger partial charge in [-0.3, -0.25) is 10.1 Å². The second kappa shape index (κ2) is 5.73. The first-order valence-electron chi connectivity index (χ1n) is 7.50. The number of hydrogen-bond donors (Lipinski definition) is 0. The molecule has 0 saturated carbocycles. The molecule has 0 unspecified atom stereocenters. The molecule has 0 aliphatic heterocycles. The highest BCUT2D eigenvalue weighted by molar-refractivity contribution is 9.10. The first kappa shape index (κ1) is 14.8. The highest BCUT2D eigenvalue weighted by Crippen LogP contribution is 2.43. The molecule has 0 spiro atoms. The van der Waals surface area contributed by atoms with E-state index in [9.17, 15) is 10.1 Å². The molecule has 0 bridgehead atoms. The maximum atomic E-state index is 11.9. The van der Waals surface area contributed by atoms with Crippen LogP contribution in [0.5, 0.6) is 0 Å². The van der Waals surface area contributed by atoms with E-state index in [-0.39, 0.29) is 10.6 Å². The van der Waals surface area contributed by atoms with Crippen LogP contribution in [0.4, 0.5) is 5.69 Å². The number of rotatable bonds is 2. The largest absolute Gasteiger partial charge is 0.285 e. The zero-order chi connectivity index (χ0) is 16.7. The van der Waals surface area contributed by atoms with Crippen molar-refractivity contribution in [1.29, 1.82) is 0 Å². The lowest BCUT2D eigenvalue weighted by molar-refractivity contribution is -0.382. The van der Waals surface area contributed by atoms with Gasteiger partial charge in [-0.2, -0.15) is 0 Å². The van der Waals surface area contributed by atoms with E-state index in [1.165, 1.54) is 0 Å². The second-order valence-electron chi connectivity index (χ2n) is 5.58. The van der Waals surface area contributed by atoms with Crippen LogP contribution in [0.1, 0.15) is 0 Å². The number of nitrogens with zero attached hydrogens (tertiary/aromatic N) is 1. The second-order valence-corrected chi connectivity index (χ2v) is 6.49. The highest BCUT2D eigenvalue weighted by Gasteiger charge is 2.23. The number of fused-ring (bicyclic) bond motifs is 3. The third-order valence-electron chi connectivity index (χ3n) is 4.22. The van der Waals surface area contributed by atoms with Crippen molar-refractivity contribution in [2.24, 2.45) is 0 Å². The molecule has 0 amide bonds. The summed E-state index contributed by atoms with van der Waals surface area (Å²) >= 11 is 3.42. The van der Waals surface area contributed by atoms with Crippen molar-refractivity contribution in [3.05, 3.63) is 87.4 Å². The van der Waals surface area contributed by atoms with Gasteiger partial charge in [-0.05, 0) is 39.9 Å². The Morgan fingerprint density at radius 3 is 1.79 bits per heavy atom. The Balaban J connectivity index is 2.26. The minimum atomic E-state index is -0.272. The lowest BCUT2D eigenvalue weighted by atomic mass is 9.91. The Labute approximate surface area is 146 Å². The Bertz CT molecular complexity index is 1090. The average molecular weight is 378 g/mol. The molecule has 0 aliphatic rings. The number of benzene rings is 4. The molecule has 0 saturated heterocycles. The van der Waals surface area contributed by atoms with E-state index in [0.717, 1.165) is 26.2 Å². The van der Waals surface area contributed by atoms with Crippen molar-refractivity contribution in [3.8, 4) is 11.1 Å². The van der Waals surface area contributed by atoms with Gasteiger partial charge in [0.1, 0.15) is 0 Å². The zero-order valence-electron chi connectivity index (χ0n) is 12.6. The Hall–Kier alpha value is -2.72. The van der Waals surface area contributed by atoms with Crippen LogP contribution in [-0.2, 0) is 0 Å². The Morgan fingerprint density at radius 2 is 1.21 bits per heavy atom. The van der Waals surface area contributed by atoms with Gasteiger partial charge in [0.2, 0.25) is 0 Å². The number of nitro benzene ring substituents is 1. The quantitative estimate of drug-likeness (QED) is 0.232. The fourth-order valence-electron chi connectivity index (χ4n) is 3.22. The number of nitro groups is 1. The average Bonchev–Trinajstić information content (AvgIpc) is 2.61. The van der Waals surface area contributed by atoms with Gasteiger partial charge in [0.05, 0.1) is 15.9 Å².